The first-order valence-electron chi connectivity index (χ1n) is 5.20. The van der Waals surface area contributed by atoms with Crippen molar-refractivity contribution in [3.05, 3.63) is 29.6 Å². The number of rotatable bonds is 3. The van der Waals surface area contributed by atoms with Crippen LogP contribution < -0.4 is 5.32 Å². The first-order chi connectivity index (χ1) is 6.51. The first-order valence-corrected chi connectivity index (χ1v) is 5.20. The van der Waals surface area contributed by atoms with Crippen LogP contribution in [-0.2, 0) is 13.0 Å². The minimum Gasteiger partial charge on any atom is -0.308 e. The molecule has 1 aromatic rings. The summed E-state index contributed by atoms with van der Waals surface area (Å²) < 4.78 is 0. The van der Waals surface area contributed by atoms with Gasteiger partial charge in [-0.25, -0.2) is 0 Å². The summed E-state index contributed by atoms with van der Waals surface area (Å²) in [5, 5.41) is 3.46. The maximum atomic E-state index is 4.27. The quantitative estimate of drug-likeness (QED) is 0.796. The average molecular weight is 192 g/mol. The maximum Gasteiger partial charge on any atom is 0.0404 e. The summed E-state index contributed by atoms with van der Waals surface area (Å²) in [6.07, 6.45) is 2.89. The van der Waals surface area contributed by atoms with Crippen molar-refractivity contribution in [3.8, 4) is 0 Å². The van der Waals surface area contributed by atoms with E-state index in [0.717, 1.165) is 13.0 Å². The van der Waals surface area contributed by atoms with E-state index >= 15 is 0 Å². The molecule has 0 bridgehead atoms. The summed E-state index contributed by atoms with van der Waals surface area (Å²) in [7, 11) is 0. The highest BCUT2D eigenvalue weighted by Gasteiger charge is 2.08. The Morgan fingerprint density at radius 2 is 2.07 bits per heavy atom. The summed E-state index contributed by atoms with van der Waals surface area (Å²) in [4.78, 5) is 4.27. The van der Waals surface area contributed by atoms with E-state index in [9.17, 15) is 0 Å². The number of hydrogen-bond donors (Lipinski definition) is 1. The van der Waals surface area contributed by atoms with Gasteiger partial charge in [-0.2, -0.15) is 0 Å². The lowest BCUT2D eigenvalue weighted by atomic mass is 10.1. The highest BCUT2D eigenvalue weighted by molar-refractivity contribution is 5.16. The van der Waals surface area contributed by atoms with Crippen LogP contribution in [0.25, 0.3) is 0 Å². The lowest BCUT2D eigenvalue weighted by molar-refractivity contribution is 0.424. The van der Waals surface area contributed by atoms with Gasteiger partial charge in [-0.15, -0.1) is 0 Å². The van der Waals surface area contributed by atoms with E-state index in [1.807, 2.05) is 6.20 Å². The standard InChI is InChI=1S/C12H20N2/c1-5-11-8-10(6-7-13-11)9-14-12(2,3)4/h6-8,14H,5,9H2,1-4H3. The summed E-state index contributed by atoms with van der Waals surface area (Å²) in [5.41, 5.74) is 2.65. The third-order valence-electron chi connectivity index (χ3n) is 2.07. The molecule has 0 fully saturated rings. The Morgan fingerprint density at radius 3 is 2.64 bits per heavy atom. The lowest BCUT2D eigenvalue weighted by Crippen LogP contribution is -2.35. The van der Waals surface area contributed by atoms with E-state index < -0.39 is 0 Å². The molecule has 0 unspecified atom stereocenters. The van der Waals surface area contributed by atoms with Gasteiger partial charge < -0.3 is 5.32 Å². The molecule has 1 heterocycles. The molecule has 2 heteroatoms. The minimum absolute atomic E-state index is 0.176. The zero-order chi connectivity index (χ0) is 10.6. The van der Waals surface area contributed by atoms with Gasteiger partial charge in [0.05, 0.1) is 0 Å². The van der Waals surface area contributed by atoms with Crippen LogP contribution in [0.3, 0.4) is 0 Å². The highest BCUT2D eigenvalue weighted by atomic mass is 14.9. The molecular weight excluding hydrogens is 172 g/mol. The molecular formula is C12H20N2. The second kappa shape index (κ2) is 4.56. The molecule has 1 rings (SSSR count). The van der Waals surface area contributed by atoms with Crippen LogP contribution in [0, 0.1) is 0 Å². The van der Waals surface area contributed by atoms with Gasteiger partial charge in [-0.3, -0.25) is 4.98 Å². The summed E-state index contributed by atoms with van der Waals surface area (Å²) >= 11 is 0. The van der Waals surface area contributed by atoms with E-state index in [1.165, 1.54) is 11.3 Å². The number of aromatic nitrogens is 1. The van der Waals surface area contributed by atoms with Crippen molar-refractivity contribution < 1.29 is 0 Å². The van der Waals surface area contributed by atoms with E-state index in [0.29, 0.717) is 0 Å². The third kappa shape index (κ3) is 3.88. The van der Waals surface area contributed by atoms with Crippen LogP contribution in [0.15, 0.2) is 18.3 Å². The van der Waals surface area contributed by atoms with Gasteiger partial charge in [0.15, 0.2) is 0 Å². The monoisotopic (exact) mass is 192 g/mol. The normalized spacial score (nSPS) is 11.7. The summed E-state index contributed by atoms with van der Waals surface area (Å²) in [5.74, 6) is 0. The van der Waals surface area contributed by atoms with Crippen LogP contribution in [0.1, 0.15) is 39.0 Å². The largest absolute Gasteiger partial charge is 0.308 e. The predicted molar refractivity (Wildman–Crippen MR) is 60.2 cm³/mol. The average Bonchev–Trinajstić information content (AvgIpc) is 2.14. The first kappa shape index (κ1) is 11.2. The molecule has 0 aliphatic carbocycles. The molecule has 14 heavy (non-hydrogen) atoms. The Morgan fingerprint density at radius 1 is 1.36 bits per heavy atom. The molecule has 0 aliphatic rings. The Labute approximate surface area is 86.8 Å². The van der Waals surface area contributed by atoms with Gasteiger partial charge in [-0.05, 0) is 44.9 Å². The van der Waals surface area contributed by atoms with Gasteiger partial charge in [-0.1, -0.05) is 6.92 Å². The van der Waals surface area contributed by atoms with Gasteiger partial charge in [0.1, 0.15) is 0 Å². The van der Waals surface area contributed by atoms with Crippen molar-refractivity contribution >= 4 is 0 Å². The van der Waals surface area contributed by atoms with Crippen LogP contribution in [0.2, 0.25) is 0 Å². The third-order valence-corrected chi connectivity index (χ3v) is 2.07. The fourth-order valence-corrected chi connectivity index (χ4v) is 1.20. The van der Waals surface area contributed by atoms with Crippen LogP contribution in [-0.4, -0.2) is 10.5 Å². The molecule has 0 radical (unpaired) electrons. The lowest BCUT2D eigenvalue weighted by Gasteiger charge is -2.20. The van der Waals surface area contributed by atoms with E-state index in [2.05, 4.69) is 50.1 Å². The van der Waals surface area contributed by atoms with Crippen molar-refractivity contribution in [2.24, 2.45) is 0 Å². The van der Waals surface area contributed by atoms with Crippen molar-refractivity contribution in [1.29, 1.82) is 0 Å². The molecule has 0 aromatic carbocycles. The number of hydrogen-bond acceptors (Lipinski definition) is 2. The number of nitrogens with one attached hydrogen (secondary N) is 1. The summed E-state index contributed by atoms with van der Waals surface area (Å²) in [6, 6.07) is 4.23. The Hall–Kier alpha value is -0.890. The zero-order valence-electron chi connectivity index (χ0n) is 9.59. The van der Waals surface area contributed by atoms with Gasteiger partial charge in [0, 0.05) is 24.0 Å². The molecule has 0 aliphatic heterocycles. The van der Waals surface area contributed by atoms with Gasteiger partial charge in [0.25, 0.3) is 0 Å². The Bertz CT molecular complexity index is 287. The zero-order valence-corrected chi connectivity index (χ0v) is 9.59. The second-order valence-electron chi connectivity index (χ2n) is 4.61. The summed E-state index contributed by atoms with van der Waals surface area (Å²) in [6.45, 7) is 9.57. The predicted octanol–water partition coefficient (Wildman–Crippen LogP) is 2.53. The van der Waals surface area contributed by atoms with E-state index in [1.54, 1.807) is 0 Å². The molecule has 0 spiro atoms. The number of nitrogens with zero attached hydrogens (tertiary/aromatic N) is 1. The second-order valence-corrected chi connectivity index (χ2v) is 4.61. The number of aryl methyl sites for hydroxylation is 1. The van der Waals surface area contributed by atoms with E-state index in [-0.39, 0.29) is 5.54 Å². The smallest absolute Gasteiger partial charge is 0.0404 e. The molecule has 0 amide bonds. The van der Waals surface area contributed by atoms with Crippen molar-refractivity contribution in [2.45, 2.75) is 46.2 Å². The Kier molecular flexibility index (Phi) is 3.64. The van der Waals surface area contributed by atoms with E-state index in [4.69, 9.17) is 0 Å². The SMILES string of the molecule is CCc1cc(CNC(C)(C)C)ccn1. The Balaban J connectivity index is 2.59. The fraction of sp³-hybridized carbons (Fsp3) is 0.583. The topological polar surface area (TPSA) is 24.9 Å². The molecule has 0 saturated heterocycles. The van der Waals surface area contributed by atoms with Crippen molar-refractivity contribution in [1.82, 2.24) is 10.3 Å². The molecule has 0 atom stereocenters. The molecule has 1 aromatic heterocycles. The molecule has 78 valence electrons. The van der Waals surface area contributed by atoms with Crippen molar-refractivity contribution in [2.75, 3.05) is 0 Å². The van der Waals surface area contributed by atoms with Crippen LogP contribution in [0.4, 0.5) is 0 Å². The van der Waals surface area contributed by atoms with Gasteiger partial charge >= 0.3 is 0 Å². The molecule has 0 saturated carbocycles. The highest BCUT2D eigenvalue weighted by Crippen LogP contribution is 2.05. The molecule has 2 nitrogen and oxygen atoms in total. The maximum absolute atomic E-state index is 4.27. The van der Waals surface area contributed by atoms with Crippen LogP contribution in [0.5, 0.6) is 0 Å². The minimum atomic E-state index is 0.176. The fourth-order valence-electron chi connectivity index (χ4n) is 1.20. The van der Waals surface area contributed by atoms with Gasteiger partial charge in [0.2, 0.25) is 0 Å². The number of pyridine rings is 1. The van der Waals surface area contributed by atoms with Crippen molar-refractivity contribution in [3.63, 3.8) is 0 Å². The van der Waals surface area contributed by atoms with Crippen LogP contribution >= 0.6 is 0 Å². The molecule has 1 N–H and O–H groups in total.